The van der Waals surface area contributed by atoms with Gasteiger partial charge in [-0.05, 0) is 43.2 Å². The van der Waals surface area contributed by atoms with Gasteiger partial charge >= 0.3 is 0 Å². The lowest BCUT2D eigenvalue weighted by atomic mass is 10.0. The SMILES string of the molecule is O=C(c1cccc2ncccc12)N1CCC(Nc2cccnn2)CC1. The second-order valence-electron chi connectivity index (χ2n) is 6.20. The number of carbonyl (C=O) groups is 1. The van der Waals surface area contributed by atoms with Crippen LogP contribution >= 0.6 is 0 Å². The number of benzene rings is 1. The smallest absolute Gasteiger partial charge is 0.254 e. The van der Waals surface area contributed by atoms with Crippen LogP contribution in [0.3, 0.4) is 0 Å². The molecule has 0 aliphatic carbocycles. The predicted octanol–water partition coefficient (Wildman–Crippen LogP) is 2.74. The van der Waals surface area contributed by atoms with E-state index in [1.54, 1.807) is 12.4 Å². The summed E-state index contributed by atoms with van der Waals surface area (Å²) < 4.78 is 0. The molecule has 1 aromatic carbocycles. The highest BCUT2D eigenvalue weighted by Gasteiger charge is 2.24. The first-order valence-electron chi connectivity index (χ1n) is 8.48. The topological polar surface area (TPSA) is 71.0 Å². The van der Waals surface area contributed by atoms with Gasteiger partial charge in [-0.3, -0.25) is 9.78 Å². The Hall–Kier alpha value is -3.02. The minimum Gasteiger partial charge on any atom is -0.366 e. The van der Waals surface area contributed by atoms with E-state index in [1.165, 1.54) is 0 Å². The van der Waals surface area contributed by atoms with Crippen LogP contribution in [-0.4, -0.2) is 45.1 Å². The van der Waals surface area contributed by atoms with Gasteiger partial charge in [0, 0.05) is 42.5 Å². The van der Waals surface area contributed by atoms with Gasteiger partial charge in [0.1, 0.15) is 5.82 Å². The number of amides is 1. The van der Waals surface area contributed by atoms with Gasteiger partial charge in [-0.15, -0.1) is 5.10 Å². The van der Waals surface area contributed by atoms with Crippen LogP contribution in [0.25, 0.3) is 10.9 Å². The van der Waals surface area contributed by atoms with Crippen molar-refractivity contribution >= 4 is 22.6 Å². The molecule has 1 aliphatic heterocycles. The Balaban J connectivity index is 1.44. The maximum atomic E-state index is 12.9. The van der Waals surface area contributed by atoms with Crippen LogP contribution in [0.2, 0.25) is 0 Å². The van der Waals surface area contributed by atoms with Crippen molar-refractivity contribution in [1.82, 2.24) is 20.1 Å². The van der Waals surface area contributed by atoms with Gasteiger partial charge < -0.3 is 10.2 Å². The quantitative estimate of drug-likeness (QED) is 0.798. The number of hydrogen-bond acceptors (Lipinski definition) is 5. The number of aromatic nitrogens is 3. The standard InChI is InChI=1S/C19H19N5O/c25-19(16-4-1-6-17-15(16)5-2-10-20-17)24-12-8-14(9-13-24)22-18-7-3-11-21-23-18/h1-7,10-11,14H,8-9,12-13H2,(H,22,23). The zero-order valence-corrected chi connectivity index (χ0v) is 13.8. The van der Waals surface area contributed by atoms with E-state index in [0.29, 0.717) is 6.04 Å². The van der Waals surface area contributed by atoms with Gasteiger partial charge in [0.15, 0.2) is 0 Å². The van der Waals surface area contributed by atoms with Crippen LogP contribution in [0.1, 0.15) is 23.2 Å². The fourth-order valence-corrected chi connectivity index (χ4v) is 3.27. The third kappa shape index (κ3) is 3.28. The van der Waals surface area contributed by atoms with Crippen LogP contribution in [0, 0.1) is 0 Å². The van der Waals surface area contributed by atoms with Crippen molar-refractivity contribution < 1.29 is 4.79 Å². The van der Waals surface area contributed by atoms with Crippen molar-refractivity contribution in [2.24, 2.45) is 0 Å². The molecule has 2 aromatic heterocycles. The minimum atomic E-state index is 0.0801. The molecule has 1 amide bonds. The lowest BCUT2D eigenvalue weighted by Gasteiger charge is -2.32. The monoisotopic (exact) mass is 333 g/mol. The zero-order valence-electron chi connectivity index (χ0n) is 13.8. The Morgan fingerprint density at radius 3 is 2.68 bits per heavy atom. The summed E-state index contributed by atoms with van der Waals surface area (Å²) >= 11 is 0. The van der Waals surface area contributed by atoms with E-state index in [0.717, 1.165) is 48.2 Å². The van der Waals surface area contributed by atoms with Gasteiger partial charge in [-0.1, -0.05) is 12.1 Å². The molecular weight excluding hydrogens is 314 g/mol. The third-order valence-electron chi connectivity index (χ3n) is 4.58. The summed E-state index contributed by atoms with van der Waals surface area (Å²) in [6.45, 7) is 1.46. The lowest BCUT2D eigenvalue weighted by molar-refractivity contribution is 0.0720. The van der Waals surface area contributed by atoms with E-state index in [2.05, 4.69) is 20.5 Å². The summed E-state index contributed by atoms with van der Waals surface area (Å²) in [5.74, 6) is 0.865. The summed E-state index contributed by atoms with van der Waals surface area (Å²) in [5, 5.41) is 12.2. The normalized spacial score (nSPS) is 15.3. The average molecular weight is 333 g/mol. The van der Waals surface area contributed by atoms with E-state index >= 15 is 0 Å². The molecule has 1 fully saturated rings. The van der Waals surface area contributed by atoms with Crippen LogP contribution in [0.15, 0.2) is 54.9 Å². The van der Waals surface area contributed by atoms with Crippen molar-refractivity contribution in [2.45, 2.75) is 18.9 Å². The first kappa shape index (κ1) is 15.5. The van der Waals surface area contributed by atoms with E-state index < -0.39 is 0 Å². The Morgan fingerprint density at radius 2 is 1.88 bits per heavy atom. The fraction of sp³-hybridized carbons (Fsp3) is 0.263. The minimum absolute atomic E-state index is 0.0801. The van der Waals surface area contributed by atoms with Gasteiger partial charge in [-0.25, -0.2) is 0 Å². The van der Waals surface area contributed by atoms with Crippen molar-refractivity contribution in [3.8, 4) is 0 Å². The molecule has 3 aromatic rings. The molecule has 0 saturated carbocycles. The molecule has 0 atom stereocenters. The molecular formula is C19H19N5O. The number of carbonyl (C=O) groups excluding carboxylic acids is 1. The molecule has 3 heterocycles. The zero-order chi connectivity index (χ0) is 17.1. The molecule has 25 heavy (non-hydrogen) atoms. The Labute approximate surface area is 145 Å². The third-order valence-corrected chi connectivity index (χ3v) is 4.58. The largest absolute Gasteiger partial charge is 0.366 e. The Kier molecular flexibility index (Phi) is 4.24. The number of anilines is 1. The lowest BCUT2D eigenvalue weighted by Crippen LogP contribution is -2.42. The van der Waals surface area contributed by atoms with E-state index in [1.807, 2.05) is 47.4 Å². The number of likely N-dealkylation sites (tertiary alicyclic amines) is 1. The summed E-state index contributed by atoms with van der Waals surface area (Å²) in [5.41, 5.74) is 1.58. The van der Waals surface area contributed by atoms with Crippen LogP contribution in [0.5, 0.6) is 0 Å². The number of rotatable bonds is 3. The molecule has 6 nitrogen and oxygen atoms in total. The molecule has 1 N–H and O–H groups in total. The molecule has 0 spiro atoms. The number of fused-ring (bicyclic) bond motifs is 1. The number of nitrogens with zero attached hydrogens (tertiary/aromatic N) is 4. The maximum absolute atomic E-state index is 12.9. The maximum Gasteiger partial charge on any atom is 0.254 e. The molecule has 0 unspecified atom stereocenters. The Morgan fingerprint density at radius 1 is 1.04 bits per heavy atom. The summed E-state index contributed by atoms with van der Waals surface area (Å²) in [6, 6.07) is 13.6. The van der Waals surface area contributed by atoms with E-state index in [4.69, 9.17) is 0 Å². The van der Waals surface area contributed by atoms with Crippen LogP contribution < -0.4 is 5.32 Å². The summed E-state index contributed by atoms with van der Waals surface area (Å²) in [4.78, 5) is 19.2. The van der Waals surface area contributed by atoms with Crippen LogP contribution in [0.4, 0.5) is 5.82 Å². The fourth-order valence-electron chi connectivity index (χ4n) is 3.27. The predicted molar refractivity (Wildman–Crippen MR) is 96.3 cm³/mol. The molecule has 1 saturated heterocycles. The van der Waals surface area contributed by atoms with Crippen molar-refractivity contribution in [1.29, 1.82) is 0 Å². The van der Waals surface area contributed by atoms with Crippen LogP contribution in [-0.2, 0) is 0 Å². The molecule has 0 bridgehead atoms. The highest BCUT2D eigenvalue weighted by atomic mass is 16.2. The molecule has 0 radical (unpaired) electrons. The van der Waals surface area contributed by atoms with E-state index in [-0.39, 0.29) is 5.91 Å². The molecule has 4 rings (SSSR count). The highest BCUT2D eigenvalue weighted by molar-refractivity contribution is 6.06. The first-order valence-corrected chi connectivity index (χ1v) is 8.48. The van der Waals surface area contributed by atoms with E-state index in [9.17, 15) is 4.79 Å². The highest BCUT2D eigenvalue weighted by Crippen LogP contribution is 2.21. The van der Waals surface area contributed by atoms with Crippen molar-refractivity contribution in [3.63, 3.8) is 0 Å². The second kappa shape index (κ2) is 6.84. The number of hydrogen-bond donors (Lipinski definition) is 1. The number of nitrogens with one attached hydrogen (secondary N) is 1. The number of pyridine rings is 1. The van der Waals surface area contributed by atoms with Gasteiger partial charge in [0.25, 0.3) is 5.91 Å². The molecule has 6 heteroatoms. The van der Waals surface area contributed by atoms with Gasteiger partial charge in [-0.2, -0.15) is 5.10 Å². The van der Waals surface area contributed by atoms with Crippen molar-refractivity contribution in [3.05, 3.63) is 60.4 Å². The average Bonchev–Trinajstić information content (AvgIpc) is 2.68. The summed E-state index contributed by atoms with van der Waals surface area (Å²) in [7, 11) is 0. The number of piperidine rings is 1. The second-order valence-corrected chi connectivity index (χ2v) is 6.20. The Bertz CT molecular complexity index is 870. The van der Waals surface area contributed by atoms with Gasteiger partial charge in [0.2, 0.25) is 0 Å². The van der Waals surface area contributed by atoms with Crippen molar-refractivity contribution in [2.75, 3.05) is 18.4 Å². The molecule has 1 aliphatic rings. The first-order chi connectivity index (χ1) is 12.3. The summed E-state index contributed by atoms with van der Waals surface area (Å²) in [6.07, 6.45) is 5.20. The van der Waals surface area contributed by atoms with Gasteiger partial charge in [0.05, 0.1) is 5.52 Å². The molecule has 126 valence electrons.